The number of hydrogen-bond donors (Lipinski definition) is 1. The van der Waals surface area contributed by atoms with E-state index in [9.17, 15) is 14.7 Å². The van der Waals surface area contributed by atoms with E-state index in [2.05, 4.69) is 0 Å². The molecule has 0 aromatic rings. The van der Waals surface area contributed by atoms with Gasteiger partial charge in [-0.05, 0) is 40.0 Å². The van der Waals surface area contributed by atoms with E-state index >= 15 is 0 Å². The van der Waals surface area contributed by atoms with Gasteiger partial charge in [0.2, 0.25) is 0 Å². The molecule has 2 aliphatic heterocycles. The average Bonchev–Trinajstić information content (AvgIpc) is 2.78. The molecule has 2 bridgehead atoms. The number of aliphatic hydroxyl groups is 1. The Morgan fingerprint density at radius 1 is 1.37 bits per heavy atom. The van der Waals surface area contributed by atoms with Gasteiger partial charge in [-0.3, -0.25) is 4.90 Å². The van der Waals surface area contributed by atoms with Crippen LogP contribution in [0.5, 0.6) is 0 Å². The number of nitrogens with zero attached hydrogens (tertiary/aromatic N) is 1. The first-order valence-corrected chi connectivity index (χ1v) is 6.51. The summed E-state index contributed by atoms with van der Waals surface area (Å²) in [7, 11) is 1.27. The van der Waals surface area contributed by atoms with Gasteiger partial charge in [-0.2, -0.15) is 0 Å². The summed E-state index contributed by atoms with van der Waals surface area (Å²) >= 11 is 0. The van der Waals surface area contributed by atoms with Gasteiger partial charge in [0.05, 0.1) is 13.2 Å². The van der Waals surface area contributed by atoms with Crippen LogP contribution in [0, 0.1) is 0 Å². The van der Waals surface area contributed by atoms with Gasteiger partial charge in [-0.1, -0.05) is 0 Å². The Balaban J connectivity index is 2.29. The second-order valence-electron chi connectivity index (χ2n) is 6.21. The first-order valence-electron chi connectivity index (χ1n) is 6.51. The fourth-order valence-corrected chi connectivity index (χ4v) is 3.10. The Morgan fingerprint density at radius 2 is 2.00 bits per heavy atom. The van der Waals surface area contributed by atoms with E-state index in [1.165, 1.54) is 12.0 Å². The van der Waals surface area contributed by atoms with E-state index in [-0.39, 0.29) is 6.04 Å². The van der Waals surface area contributed by atoms with Crippen molar-refractivity contribution >= 4 is 12.1 Å². The molecule has 2 fully saturated rings. The number of rotatable bonds is 1. The Morgan fingerprint density at radius 3 is 2.47 bits per heavy atom. The summed E-state index contributed by atoms with van der Waals surface area (Å²) in [6, 6.07) is -0.149. The Hall–Kier alpha value is -1.30. The van der Waals surface area contributed by atoms with Crippen LogP contribution in [-0.4, -0.2) is 52.5 Å². The highest BCUT2D eigenvalue weighted by atomic mass is 16.6. The van der Waals surface area contributed by atoms with E-state index in [4.69, 9.17) is 9.47 Å². The fourth-order valence-electron chi connectivity index (χ4n) is 3.10. The van der Waals surface area contributed by atoms with Crippen LogP contribution in [0.1, 0.15) is 40.0 Å². The predicted octanol–water partition coefficient (Wildman–Crippen LogP) is 1.06. The van der Waals surface area contributed by atoms with Crippen LogP contribution in [0.15, 0.2) is 0 Å². The van der Waals surface area contributed by atoms with Crippen LogP contribution < -0.4 is 0 Å². The average molecular weight is 271 g/mol. The van der Waals surface area contributed by atoms with Gasteiger partial charge in [-0.25, -0.2) is 9.59 Å². The lowest BCUT2D eigenvalue weighted by atomic mass is 9.85. The van der Waals surface area contributed by atoms with E-state index in [1.54, 1.807) is 20.8 Å². The maximum atomic E-state index is 12.3. The minimum Gasteiger partial charge on any atom is -0.467 e. The molecular weight excluding hydrogens is 250 g/mol. The molecule has 6 nitrogen and oxygen atoms in total. The molecule has 3 atom stereocenters. The molecule has 0 spiro atoms. The van der Waals surface area contributed by atoms with E-state index in [0.29, 0.717) is 19.3 Å². The molecule has 2 saturated heterocycles. The Bertz CT molecular complexity index is 402. The molecular formula is C13H21NO5. The Labute approximate surface area is 112 Å². The highest BCUT2D eigenvalue weighted by Crippen LogP contribution is 2.47. The number of esters is 1. The van der Waals surface area contributed by atoms with Gasteiger partial charge in [0, 0.05) is 6.04 Å². The summed E-state index contributed by atoms with van der Waals surface area (Å²) < 4.78 is 10.1. The summed E-state index contributed by atoms with van der Waals surface area (Å²) in [6.45, 7) is 5.30. The minimum absolute atomic E-state index is 0.149. The smallest absolute Gasteiger partial charge is 0.411 e. The van der Waals surface area contributed by atoms with Crippen molar-refractivity contribution in [3.63, 3.8) is 0 Å². The molecule has 2 aliphatic rings. The second kappa shape index (κ2) is 4.37. The maximum absolute atomic E-state index is 12.3. The van der Waals surface area contributed by atoms with Gasteiger partial charge in [0.25, 0.3) is 0 Å². The summed E-state index contributed by atoms with van der Waals surface area (Å²) in [6.07, 6.45) is 0.0629. The molecule has 0 aromatic heterocycles. The van der Waals surface area contributed by atoms with Gasteiger partial charge in [-0.15, -0.1) is 0 Å². The van der Waals surface area contributed by atoms with Crippen molar-refractivity contribution in [2.75, 3.05) is 7.11 Å². The highest BCUT2D eigenvalue weighted by Gasteiger charge is 2.65. The van der Waals surface area contributed by atoms with Gasteiger partial charge < -0.3 is 14.6 Å². The molecule has 3 unspecified atom stereocenters. The normalized spacial score (nSPS) is 33.4. The lowest BCUT2D eigenvalue weighted by Crippen LogP contribution is -2.57. The zero-order chi connectivity index (χ0) is 14.4. The number of amides is 1. The van der Waals surface area contributed by atoms with Crippen LogP contribution in [-0.2, 0) is 14.3 Å². The van der Waals surface area contributed by atoms with Crippen LogP contribution in [0.4, 0.5) is 4.79 Å². The molecule has 0 saturated carbocycles. The maximum Gasteiger partial charge on any atom is 0.411 e. The zero-order valence-electron chi connectivity index (χ0n) is 11.8. The van der Waals surface area contributed by atoms with E-state index in [0.717, 1.165) is 0 Å². The number of fused-ring (bicyclic) bond motifs is 2. The fraction of sp³-hybridized carbons (Fsp3) is 0.846. The van der Waals surface area contributed by atoms with Crippen molar-refractivity contribution in [2.24, 2.45) is 0 Å². The molecule has 1 N–H and O–H groups in total. The van der Waals surface area contributed by atoms with Gasteiger partial charge >= 0.3 is 12.1 Å². The van der Waals surface area contributed by atoms with Crippen LogP contribution >= 0.6 is 0 Å². The predicted molar refractivity (Wildman–Crippen MR) is 66.5 cm³/mol. The molecule has 0 radical (unpaired) electrons. The molecule has 2 rings (SSSR count). The standard InChI is InChI=1S/C13H21NO5/c1-12(2,3)19-11(17)14-8-5-6-13(14,9(15)7-8)10(16)18-4/h8-9,15H,5-7H2,1-4H3. The Kier molecular flexibility index (Phi) is 3.24. The monoisotopic (exact) mass is 271 g/mol. The van der Waals surface area contributed by atoms with Crippen molar-refractivity contribution < 1.29 is 24.2 Å². The third-order valence-electron chi connectivity index (χ3n) is 3.83. The van der Waals surface area contributed by atoms with Crippen molar-refractivity contribution in [3.05, 3.63) is 0 Å². The summed E-state index contributed by atoms with van der Waals surface area (Å²) in [5, 5.41) is 10.1. The van der Waals surface area contributed by atoms with Crippen LogP contribution in [0.25, 0.3) is 0 Å². The number of methoxy groups -OCH3 is 1. The SMILES string of the molecule is COC(=O)C12CCC(CC1O)N2C(=O)OC(C)(C)C. The lowest BCUT2D eigenvalue weighted by Gasteiger charge is -2.35. The molecule has 0 aliphatic carbocycles. The van der Waals surface area contributed by atoms with E-state index in [1.807, 2.05) is 0 Å². The first-order chi connectivity index (χ1) is 8.72. The van der Waals surface area contributed by atoms with Gasteiger partial charge in [0.1, 0.15) is 5.60 Å². The quantitative estimate of drug-likeness (QED) is 0.722. The molecule has 0 aromatic carbocycles. The largest absolute Gasteiger partial charge is 0.467 e. The number of carbonyl (C=O) groups excluding carboxylic acids is 2. The van der Waals surface area contributed by atoms with Crippen molar-refractivity contribution in [1.82, 2.24) is 4.90 Å². The van der Waals surface area contributed by atoms with E-state index < -0.39 is 29.3 Å². The van der Waals surface area contributed by atoms with Crippen molar-refractivity contribution in [1.29, 1.82) is 0 Å². The van der Waals surface area contributed by atoms with Crippen molar-refractivity contribution in [2.45, 2.75) is 63.3 Å². The third-order valence-corrected chi connectivity index (χ3v) is 3.83. The second-order valence-corrected chi connectivity index (χ2v) is 6.21. The summed E-state index contributed by atoms with van der Waals surface area (Å²) in [5.41, 5.74) is -1.90. The third kappa shape index (κ3) is 2.08. The summed E-state index contributed by atoms with van der Waals surface area (Å²) in [5.74, 6) is -0.564. The highest BCUT2D eigenvalue weighted by molar-refractivity contribution is 5.88. The molecule has 6 heteroatoms. The lowest BCUT2D eigenvalue weighted by molar-refractivity contribution is -0.157. The number of aliphatic hydroxyl groups excluding tert-OH is 1. The van der Waals surface area contributed by atoms with Crippen LogP contribution in [0.2, 0.25) is 0 Å². The number of carbonyl (C=O) groups is 2. The minimum atomic E-state index is -1.26. The van der Waals surface area contributed by atoms with Crippen LogP contribution in [0.3, 0.4) is 0 Å². The topological polar surface area (TPSA) is 76.1 Å². The number of ether oxygens (including phenoxy) is 2. The van der Waals surface area contributed by atoms with Crippen molar-refractivity contribution in [3.8, 4) is 0 Å². The molecule has 19 heavy (non-hydrogen) atoms. The molecule has 1 amide bonds. The number of hydrogen-bond acceptors (Lipinski definition) is 5. The van der Waals surface area contributed by atoms with Gasteiger partial charge in [0.15, 0.2) is 5.54 Å². The summed E-state index contributed by atoms with van der Waals surface area (Å²) in [4.78, 5) is 25.7. The molecule has 108 valence electrons. The zero-order valence-corrected chi connectivity index (χ0v) is 11.8. The molecule has 2 heterocycles. The first kappa shape index (κ1) is 14.1.